The molecular weight excluding hydrogens is 128 g/mol. The number of ketones is 1. The molecule has 3 heteroatoms. The van der Waals surface area contributed by atoms with Gasteiger partial charge < -0.3 is 5.43 Å². The number of hydrogen-bond acceptors (Lipinski definition) is 3. The molecule has 3 nitrogen and oxygen atoms in total. The quantitative estimate of drug-likeness (QED) is 0.523. The number of rotatable bonds is 0. The Labute approximate surface area is 59.5 Å². The van der Waals surface area contributed by atoms with Crippen LogP contribution in [0.25, 0.3) is 0 Å². The molecule has 0 aromatic rings. The lowest BCUT2D eigenvalue weighted by Crippen LogP contribution is -2.36. The second-order valence-corrected chi connectivity index (χ2v) is 2.90. The predicted molar refractivity (Wildman–Crippen MR) is 37.8 cm³/mol. The number of carbonyl (C=O) groups is 1. The second-order valence-electron chi connectivity index (χ2n) is 2.90. The maximum Gasteiger partial charge on any atom is 0.143 e. The van der Waals surface area contributed by atoms with Gasteiger partial charge in [0.2, 0.25) is 0 Å². The van der Waals surface area contributed by atoms with E-state index in [2.05, 4.69) is 10.5 Å². The van der Waals surface area contributed by atoms with Crippen LogP contribution >= 0.6 is 0 Å². The molecule has 2 unspecified atom stereocenters. The number of carbonyl (C=O) groups excluding carboxylic acids is 1. The monoisotopic (exact) mass is 138 g/mol. The van der Waals surface area contributed by atoms with Crippen molar-refractivity contribution in [3.63, 3.8) is 0 Å². The van der Waals surface area contributed by atoms with Crippen LogP contribution in [0.2, 0.25) is 0 Å². The van der Waals surface area contributed by atoms with Gasteiger partial charge in [-0.1, -0.05) is 0 Å². The van der Waals surface area contributed by atoms with E-state index in [9.17, 15) is 4.79 Å². The lowest BCUT2D eigenvalue weighted by Gasteiger charge is -2.21. The highest BCUT2D eigenvalue weighted by atomic mass is 16.1. The van der Waals surface area contributed by atoms with Gasteiger partial charge in [-0.25, -0.2) is 0 Å². The lowest BCUT2D eigenvalue weighted by molar-refractivity contribution is -0.122. The van der Waals surface area contributed by atoms with Crippen molar-refractivity contribution < 1.29 is 4.79 Å². The molecule has 2 aliphatic rings. The van der Waals surface area contributed by atoms with Gasteiger partial charge in [0.15, 0.2) is 0 Å². The average Bonchev–Trinajstić information content (AvgIpc) is 2.36. The van der Waals surface area contributed by atoms with Gasteiger partial charge in [-0.2, -0.15) is 5.10 Å². The minimum Gasteiger partial charge on any atom is -0.306 e. The van der Waals surface area contributed by atoms with E-state index in [-0.39, 0.29) is 5.92 Å². The van der Waals surface area contributed by atoms with E-state index in [1.54, 1.807) is 6.21 Å². The summed E-state index contributed by atoms with van der Waals surface area (Å²) in [6, 6.07) is 0.321. The van der Waals surface area contributed by atoms with Crippen LogP contribution in [0.5, 0.6) is 0 Å². The summed E-state index contributed by atoms with van der Waals surface area (Å²) in [5.74, 6) is 0.443. The zero-order valence-electron chi connectivity index (χ0n) is 5.71. The Morgan fingerprint density at radius 3 is 3.40 bits per heavy atom. The van der Waals surface area contributed by atoms with Crippen molar-refractivity contribution in [2.45, 2.75) is 25.3 Å². The third-order valence-corrected chi connectivity index (χ3v) is 2.22. The van der Waals surface area contributed by atoms with Gasteiger partial charge in [-0.05, 0) is 12.8 Å². The first-order chi connectivity index (χ1) is 4.88. The number of fused-ring (bicyclic) bond motifs is 1. The Bertz CT molecular complexity index is 188. The molecular formula is C7H10N2O. The molecule has 0 amide bonds. The Morgan fingerprint density at radius 2 is 2.60 bits per heavy atom. The zero-order valence-corrected chi connectivity index (χ0v) is 5.71. The van der Waals surface area contributed by atoms with Gasteiger partial charge >= 0.3 is 0 Å². The highest BCUT2D eigenvalue weighted by Gasteiger charge is 2.32. The van der Waals surface area contributed by atoms with Crippen LogP contribution in [0.3, 0.4) is 0 Å². The Balaban J connectivity index is 2.16. The van der Waals surface area contributed by atoms with E-state index < -0.39 is 0 Å². The van der Waals surface area contributed by atoms with E-state index in [0.29, 0.717) is 11.8 Å². The fourth-order valence-electron chi connectivity index (χ4n) is 1.62. The Morgan fingerprint density at radius 1 is 1.70 bits per heavy atom. The molecule has 1 N–H and O–H groups in total. The molecule has 0 aromatic heterocycles. The van der Waals surface area contributed by atoms with Crippen molar-refractivity contribution in [3.05, 3.63) is 0 Å². The lowest BCUT2D eigenvalue weighted by atomic mass is 9.85. The molecule has 54 valence electrons. The smallest absolute Gasteiger partial charge is 0.143 e. The number of hydrogen-bond donors (Lipinski definition) is 1. The van der Waals surface area contributed by atoms with Gasteiger partial charge in [-0.3, -0.25) is 4.79 Å². The van der Waals surface area contributed by atoms with Gasteiger partial charge in [0, 0.05) is 12.6 Å². The second kappa shape index (κ2) is 2.08. The first-order valence-corrected chi connectivity index (χ1v) is 3.69. The van der Waals surface area contributed by atoms with Crippen molar-refractivity contribution in [2.75, 3.05) is 0 Å². The first kappa shape index (κ1) is 5.89. The van der Waals surface area contributed by atoms with E-state index in [1.165, 1.54) is 0 Å². The molecule has 2 rings (SSSR count). The molecule has 1 aliphatic heterocycles. The summed E-state index contributed by atoms with van der Waals surface area (Å²) >= 11 is 0. The number of nitrogens with one attached hydrogen (secondary N) is 1. The molecule has 1 aliphatic carbocycles. The molecule has 1 fully saturated rings. The maximum absolute atomic E-state index is 11.1. The summed E-state index contributed by atoms with van der Waals surface area (Å²) in [5.41, 5.74) is 2.94. The fraction of sp³-hybridized carbons (Fsp3) is 0.714. The highest BCUT2D eigenvalue weighted by molar-refractivity contribution is 5.97. The van der Waals surface area contributed by atoms with E-state index in [0.717, 1.165) is 19.3 Å². The van der Waals surface area contributed by atoms with Crippen molar-refractivity contribution in [2.24, 2.45) is 11.0 Å². The van der Waals surface area contributed by atoms with Crippen LogP contribution in [-0.2, 0) is 4.79 Å². The van der Waals surface area contributed by atoms with Crippen molar-refractivity contribution in [1.29, 1.82) is 0 Å². The normalized spacial score (nSPS) is 37.4. The van der Waals surface area contributed by atoms with Crippen LogP contribution in [0, 0.1) is 5.92 Å². The third kappa shape index (κ3) is 0.735. The summed E-state index contributed by atoms with van der Waals surface area (Å²) in [6.07, 6.45) is 4.60. The molecule has 2 atom stereocenters. The molecule has 1 heterocycles. The van der Waals surface area contributed by atoms with E-state index >= 15 is 0 Å². The summed E-state index contributed by atoms with van der Waals surface area (Å²) in [6.45, 7) is 0. The SMILES string of the molecule is O=C1CCCC2NN=CC12. The maximum atomic E-state index is 11.1. The average molecular weight is 138 g/mol. The van der Waals surface area contributed by atoms with Crippen molar-refractivity contribution in [3.8, 4) is 0 Å². The molecule has 0 radical (unpaired) electrons. The summed E-state index contributed by atoms with van der Waals surface area (Å²) in [4.78, 5) is 11.1. The predicted octanol–water partition coefficient (Wildman–Crippen LogP) is 0.313. The summed E-state index contributed by atoms with van der Waals surface area (Å²) in [7, 11) is 0. The molecule has 10 heavy (non-hydrogen) atoms. The van der Waals surface area contributed by atoms with Crippen molar-refractivity contribution in [1.82, 2.24) is 5.43 Å². The Hall–Kier alpha value is -0.860. The van der Waals surface area contributed by atoms with Crippen molar-refractivity contribution >= 4 is 12.0 Å². The van der Waals surface area contributed by atoms with Crippen LogP contribution in [0.4, 0.5) is 0 Å². The van der Waals surface area contributed by atoms with Gasteiger partial charge in [0.1, 0.15) is 5.78 Å². The third-order valence-electron chi connectivity index (χ3n) is 2.22. The molecule has 0 saturated heterocycles. The minimum atomic E-state index is 0.0914. The standard InChI is InChI=1S/C7H10N2O/c10-7-3-1-2-6-5(7)4-8-9-6/h4-6,9H,1-3H2. The summed E-state index contributed by atoms with van der Waals surface area (Å²) < 4.78 is 0. The number of nitrogens with zero attached hydrogens (tertiary/aromatic N) is 1. The largest absolute Gasteiger partial charge is 0.306 e. The first-order valence-electron chi connectivity index (χ1n) is 3.69. The minimum absolute atomic E-state index is 0.0914. The van der Waals surface area contributed by atoms with Crippen LogP contribution in [0.1, 0.15) is 19.3 Å². The zero-order chi connectivity index (χ0) is 6.97. The Kier molecular flexibility index (Phi) is 1.22. The topological polar surface area (TPSA) is 41.5 Å². The van der Waals surface area contributed by atoms with Gasteiger partial charge in [0.05, 0.1) is 12.0 Å². The van der Waals surface area contributed by atoms with Gasteiger partial charge in [-0.15, -0.1) is 0 Å². The van der Waals surface area contributed by atoms with Crippen LogP contribution < -0.4 is 5.43 Å². The number of hydrazone groups is 1. The molecule has 0 bridgehead atoms. The van der Waals surface area contributed by atoms with E-state index in [4.69, 9.17) is 0 Å². The van der Waals surface area contributed by atoms with E-state index in [1.807, 2.05) is 0 Å². The highest BCUT2D eigenvalue weighted by Crippen LogP contribution is 2.22. The molecule has 0 aromatic carbocycles. The summed E-state index contributed by atoms with van der Waals surface area (Å²) in [5, 5.41) is 3.88. The molecule has 0 spiro atoms. The molecule has 1 saturated carbocycles. The number of Topliss-reactive ketones (excluding diaryl/α,β-unsaturated/α-hetero) is 1. The van der Waals surface area contributed by atoms with Crippen LogP contribution in [-0.4, -0.2) is 18.0 Å². The van der Waals surface area contributed by atoms with Gasteiger partial charge in [0.25, 0.3) is 0 Å². The fourth-order valence-corrected chi connectivity index (χ4v) is 1.62. The van der Waals surface area contributed by atoms with Crippen LogP contribution in [0.15, 0.2) is 5.10 Å².